The van der Waals surface area contributed by atoms with Gasteiger partial charge in [-0.15, -0.1) is 11.8 Å². The largest absolute Gasteiger partial charge is 0.281 e. The van der Waals surface area contributed by atoms with Gasteiger partial charge in [0.05, 0.1) is 10.8 Å². The van der Waals surface area contributed by atoms with Gasteiger partial charge in [-0.25, -0.2) is 0 Å². The molecule has 0 aromatic heterocycles. The van der Waals surface area contributed by atoms with Crippen molar-refractivity contribution in [3.8, 4) is 0 Å². The summed E-state index contributed by atoms with van der Waals surface area (Å²) in [5.74, 6) is 1.12. The monoisotopic (exact) mass is 359 g/mol. The molecule has 0 atom stereocenters. The van der Waals surface area contributed by atoms with Crippen LogP contribution in [0.1, 0.15) is 30.1 Å². The SMILES string of the molecule is CCCCSc1ccc(C(=O)Sc2ccc(N=C=S)cc2)cc1. The van der Waals surface area contributed by atoms with Crippen LogP contribution in [0.15, 0.2) is 63.3 Å². The van der Waals surface area contributed by atoms with Crippen LogP contribution in [0.2, 0.25) is 0 Å². The molecule has 0 aliphatic heterocycles. The minimum atomic E-state index is 0.0428. The summed E-state index contributed by atoms with van der Waals surface area (Å²) in [6, 6.07) is 15.2. The summed E-state index contributed by atoms with van der Waals surface area (Å²) in [6.07, 6.45) is 2.42. The number of carbonyl (C=O) groups excluding carboxylic acids is 1. The Hall–Kier alpha value is -1.39. The van der Waals surface area contributed by atoms with Crippen LogP contribution in [0.4, 0.5) is 5.69 Å². The Morgan fingerprint density at radius 3 is 2.35 bits per heavy atom. The highest BCUT2D eigenvalue weighted by atomic mass is 32.2. The summed E-state index contributed by atoms with van der Waals surface area (Å²) in [5.41, 5.74) is 1.46. The van der Waals surface area contributed by atoms with Crippen LogP contribution < -0.4 is 0 Å². The molecule has 2 aromatic rings. The van der Waals surface area contributed by atoms with Gasteiger partial charge in [0.25, 0.3) is 0 Å². The highest BCUT2D eigenvalue weighted by Gasteiger charge is 2.08. The quantitative estimate of drug-likeness (QED) is 0.253. The first-order valence-corrected chi connectivity index (χ1v) is 9.57. The molecule has 0 spiro atoms. The van der Waals surface area contributed by atoms with Gasteiger partial charge >= 0.3 is 0 Å². The maximum Gasteiger partial charge on any atom is 0.224 e. The predicted octanol–water partition coefficient (Wildman–Crippen LogP) is 6.25. The molecule has 5 heteroatoms. The summed E-state index contributed by atoms with van der Waals surface area (Å²) >= 11 is 7.62. The van der Waals surface area contributed by atoms with Crippen molar-refractivity contribution in [1.82, 2.24) is 0 Å². The van der Waals surface area contributed by atoms with Crippen LogP contribution in [0.5, 0.6) is 0 Å². The standard InChI is InChI=1S/C18H17NOS3/c1-2-3-12-22-16-8-4-14(5-9-16)18(20)23-17-10-6-15(7-11-17)19-13-21/h4-11H,2-3,12H2,1H3. The minimum Gasteiger partial charge on any atom is -0.281 e. The molecule has 0 fully saturated rings. The van der Waals surface area contributed by atoms with Crippen LogP contribution in [-0.4, -0.2) is 16.0 Å². The molecule has 0 saturated heterocycles. The van der Waals surface area contributed by atoms with Crippen LogP contribution in [-0.2, 0) is 0 Å². The van der Waals surface area contributed by atoms with Crippen LogP contribution in [0, 0.1) is 0 Å². The summed E-state index contributed by atoms with van der Waals surface area (Å²) in [4.78, 5) is 18.3. The molecule has 0 N–H and O–H groups in total. The second-order valence-corrected chi connectivity index (χ2v) is 7.21. The lowest BCUT2D eigenvalue weighted by molar-refractivity contribution is 0.108. The molecule has 2 aromatic carbocycles. The van der Waals surface area contributed by atoms with E-state index in [4.69, 9.17) is 0 Å². The molecule has 2 rings (SSSR count). The normalized spacial score (nSPS) is 10.1. The Kier molecular flexibility index (Phi) is 7.56. The Bertz CT molecular complexity index is 689. The maximum atomic E-state index is 12.3. The number of thioether (sulfide) groups is 2. The Labute approximate surface area is 150 Å². The molecule has 0 radical (unpaired) electrons. The fourth-order valence-electron chi connectivity index (χ4n) is 1.83. The number of nitrogens with zero attached hydrogens (tertiary/aromatic N) is 1. The highest BCUT2D eigenvalue weighted by Crippen LogP contribution is 2.26. The maximum absolute atomic E-state index is 12.3. The second-order valence-electron chi connectivity index (χ2n) is 4.81. The smallest absolute Gasteiger partial charge is 0.224 e. The number of unbranched alkanes of at least 4 members (excludes halogenated alkanes) is 1. The van der Waals surface area contributed by atoms with Crippen molar-refractivity contribution >= 4 is 51.7 Å². The number of hydrogen-bond donors (Lipinski definition) is 0. The van der Waals surface area contributed by atoms with Gasteiger partial charge in [0.15, 0.2) is 0 Å². The third-order valence-electron chi connectivity index (χ3n) is 3.08. The Balaban J connectivity index is 1.95. The molecule has 0 aliphatic carbocycles. The number of rotatable bonds is 7. The Morgan fingerprint density at radius 2 is 1.74 bits per heavy atom. The average molecular weight is 360 g/mol. The van der Waals surface area contributed by atoms with Gasteiger partial charge in [0, 0.05) is 15.4 Å². The van der Waals surface area contributed by atoms with Gasteiger partial charge in [-0.2, -0.15) is 4.99 Å². The lowest BCUT2D eigenvalue weighted by Gasteiger charge is -2.04. The number of isothiocyanates is 1. The van der Waals surface area contributed by atoms with Crippen molar-refractivity contribution in [2.75, 3.05) is 5.75 Å². The Morgan fingerprint density at radius 1 is 1.09 bits per heavy atom. The van der Waals surface area contributed by atoms with Crippen molar-refractivity contribution in [3.63, 3.8) is 0 Å². The molecule has 23 heavy (non-hydrogen) atoms. The molecule has 0 aliphatic rings. The van der Waals surface area contributed by atoms with Crippen molar-refractivity contribution < 1.29 is 4.79 Å². The summed E-state index contributed by atoms with van der Waals surface area (Å²) in [6.45, 7) is 2.19. The molecule has 118 valence electrons. The fourth-order valence-corrected chi connectivity index (χ4v) is 3.67. The number of thiocarbonyl (C=S) groups is 1. The van der Waals surface area contributed by atoms with Crippen molar-refractivity contribution in [1.29, 1.82) is 0 Å². The van der Waals surface area contributed by atoms with Gasteiger partial charge in [0.2, 0.25) is 5.12 Å². The van der Waals surface area contributed by atoms with E-state index < -0.39 is 0 Å². The highest BCUT2D eigenvalue weighted by molar-refractivity contribution is 8.14. The van der Waals surface area contributed by atoms with Gasteiger partial charge in [0.1, 0.15) is 0 Å². The first kappa shape index (κ1) is 18.0. The first-order chi connectivity index (χ1) is 11.2. The zero-order valence-electron chi connectivity index (χ0n) is 12.8. The van der Waals surface area contributed by atoms with E-state index in [1.807, 2.05) is 60.3 Å². The minimum absolute atomic E-state index is 0.0428. The lowest BCUT2D eigenvalue weighted by Crippen LogP contribution is -1.92. The summed E-state index contributed by atoms with van der Waals surface area (Å²) in [5, 5.41) is 2.37. The van der Waals surface area contributed by atoms with Gasteiger partial charge < -0.3 is 0 Å². The molecule has 0 bridgehead atoms. The van der Waals surface area contributed by atoms with E-state index in [9.17, 15) is 4.79 Å². The van der Waals surface area contributed by atoms with Gasteiger partial charge in [-0.1, -0.05) is 13.3 Å². The summed E-state index contributed by atoms with van der Waals surface area (Å²) in [7, 11) is 0. The average Bonchev–Trinajstić information content (AvgIpc) is 2.58. The first-order valence-electron chi connectivity index (χ1n) is 7.36. The molecule has 2 nitrogen and oxygen atoms in total. The molecule has 0 unspecified atom stereocenters. The van der Waals surface area contributed by atoms with Crippen LogP contribution in [0.25, 0.3) is 0 Å². The molecular weight excluding hydrogens is 342 g/mol. The topological polar surface area (TPSA) is 29.4 Å². The van der Waals surface area contributed by atoms with Crippen molar-refractivity contribution in [3.05, 3.63) is 54.1 Å². The molecule has 0 heterocycles. The van der Waals surface area contributed by atoms with Gasteiger partial charge in [-0.05, 0) is 84.7 Å². The van der Waals surface area contributed by atoms with E-state index in [1.54, 1.807) is 0 Å². The zero-order valence-corrected chi connectivity index (χ0v) is 15.3. The zero-order chi connectivity index (χ0) is 16.5. The van der Waals surface area contributed by atoms with Crippen LogP contribution in [0.3, 0.4) is 0 Å². The second kappa shape index (κ2) is 9.68. The molecule has 0 saturated carbocycles. The third kappa shape index (κ3) is 5.96. The number of benzene rings is 2. The number of carbonyl (C=O) groups is 1. The van der Waals surface area contributed by atoms with E-state index in [-0.39, 0.29) is 5.12 Å². The summed E-state index contributed by atoms with van der Waals surface area (Å²) < 4.78 is 0. The fraction of sp³-hybridized carbons (Fsp3) is 0.222. The van der Waals surface area contributed by atoms with Crippen molar-refractivity contribution in [2.24, 2.45) is 4.99 Å². The number of aliphatic imine (C=N–C) groups is 1. The van der Waals surface area contributed by atoms with E-state index in [2.05, 4.69) is 29.3 Å². The van der Waals surface area contributed by atoms with E-state index in [0.717, 1.165) is 21.9 Å². The van der Waals surface area contributed by atoms with Crippen molar-refractivity contribution in [2.45, 2.75) is 29.6 Å². The van der Waals surface area contributed by atoms with E-state index in [0.29, 0.717) is 0 Å². The number of hydrogen-bond acceptors (Lipinski definition) is 5. The van der Waals surface area contributed by atoms with E-state index in [1.165, 1.54) is 29.5 Å². The molecular formula is C18H17NOS3. The predicted molar refractivity (Wildman–Crippen MR) is 103 cm³/mol. The van der Waals surface area contributed by atoms with Gasteiger partial charge in [-0.3, -0.25) is 4.79 Å². The van der Waals surface area contributed by atoms with Crippen LogP contribution >= 0.6 is 35.7 Å². The van der Waals surface area contributed by atoms with E-state index >= 15 is 0 Å². The third-order valence-corrected chi connectivity index (χ3v) is 5.20. The molecule has 0 amide bonds. The lowest BCUT2D eigenvalue weighted by atomic mass is 10.2.